The van der Waals surface area contributed by atoms with Gasteiger partial charge in [0.1, 0.15) is 5.75 Å². The Morgan fingerprint density at radius 1 is 1.04 bits per heavy atom. The minimum absolute atomic E-state index is 0.0716. The molecule has 0 fully saturated rings. The second kappa shape index (κ2) is 7.52. The molecule has 132 valence electrons. The molecule has 26 heavy (non-hydrogen) atoms. The third kappa shape index (κ3) is 3.89. The maximum atomic E-state index is 12.5. The molecule has 1 heterocycles. The summed E-state index contributed by atoms with van der Waals surface area (Å²) in [5, 5.41) is 6.91. The lowest BCUT2D eigenvalue weighted by atomic mass is 10.3. The van der Waals surface area contributed by atoms with Crippen molar-refractivity contribution in [3.05, 3.63) is 66.5 Å². The number of amides is 1. The monoisotopic (exact) mass is 351 g/mol. The summed E-state index contributed by atoms with van der Waals surface area (Å²) in [5.74, 6) is -0.163. The second-order valence-corrected chi connectivity index (χ2v) is 5.42. The standard InChI is InChI=1S/C19H17N3O4/c1-13(23)20-14-8-10-16(11-9-14)26-19(24)18-17(25-2)12-22(21-18)15-6-4-3-5-7-15/h3-12H,1-2H3,(H,20,23). The Bertz CT molecular complexity index is 918. The molecule has 7 nitrogen and oxygen atoms in total. The highest BCUT2D eigenvalue weighted by Crippen LogP contribution is 2.22. The van der Waals surface area contributed by atoms with Gasteiger partial charge in [-0.15, -0.1) is 0 Å². The van der Waals surface area contributed by atoms with Gasteiger partial charge in [-0.3, -0.25) is 4.79 Å². The van der Waals surface area contributed by atoms with Crippen LogP contribution in [0.25, 0.3) is 5.69 Å². The van der Waals surface area contributed by atoms with Gasteiger partial charge in [-0.05, 0) is 36.4 Å². The maximum absolute atomic E-state index is 12.5. The van der Waals surface area contributed by atoms with Crippen LogP contribution in [0.2, 0.25) is 0 Å². The van der Waals surface area contributed by atoms with Crippen LogP contribution >= 0.6 is 0 Å². The molecule has 1 N–H and O–H groups in total. The van der Waals surface area contributed by atoms with Crippen LogP contribution in [0.3, 0.4) is 0 Å². The number of carbonyl (C=O) groups excluding carboxylic acids is 2. The summed E-state index contributed by atoms with van der Waals surface area (Å²) in [5.41, 5.74) is 1.48. The van der Waals surface area contributed by atoms with E-state index in [9.17, 15) is 9.59 Å². The number of benzene rings is 2. The Morgan fingerprint density at radius 3 is 2.35 bits per heavy atom. The first kappa shape index (κ1) is 17.2. The molecule has 1 aromatic heterocycles. The molecule has 0 spiro atoms. The first-order valence-corrected chi connectivity index (χ1v) is 7.86. The van der Waals surface area contributed by atoms with E-state index in [2.05, 4.69) is 10.4 Å². The molecule has 0 atom stereocenters. The highest BCUT2D eigenvalue weighted by molar-refractivity contribution is 5.92. The zero-order valence-corrected chi connectivity index (χ0v) is 14.3. The third-order valence-corrected chi connectivity index (χ3v) is 3.50. The fraction of sp³-hybridized carbons (Fsp3) is 0.105. The van der Waals surface area contributed by atoms with Crippen molar-refractivity contribution in [3.8, 4) is 17.2 Å². The fourth-order valence-electron chi connectivity index (χ4n) is 2.33. The van der Waals surface area contributed by atoms with E-state index in [1.165, 1.54) is 14.0 Å². The van der Waals surface area contributed by atoms with Crippen molar-refractivity contribution in [3.63, 3.8) is 0 Å². The first-order chi connectivity index (χ1) is 12.6. The lowest BCUT2D eigenvalue weighted by Crippen LogP contribution is -2.11. The molecule has 0 radical (unpaired) electrons. The summed E-state index contributed by atoms with van der Waals surface area (Å²) in [6.45, 7) is 1.42. The number of esters is 1. The van der Waals surface area contributed by atoms with Gasteiger partial charge in [0.15, 0.2) is 5.75 Å². The van der Waals surface area contributed by atoms with Crippen molar-refractivity contribution in [1.29, 1.82) is 0 Å². The zero-order chi connectivity index (χ0) is 18.5. The maximum Gasteiger partial charge on any atom is 0.368 e. The van der Waals surface area contributed by atoms with Crippen molar-refractivity contribution in [2.75, 3.05) is 12.4 Å². The number of hydrogen-bond acceptors (Lipinski definition) is 5. The molecular weight excluding hydrogens is 334 g/mol. The lowest BCUT2D eigenvalue weighted by molar-refractivity contribution is -0.114. The summed E-state index contributed by atoms with van der Waals surface area (Å²) in [6.07, 6.45) is 1.62. The van der Waals surface area contributed by atoms with Crippen molar-refractivity contribution >= 4 is 17.6 Å². The van der Waals surface area contributed by atoms with Crippen molar-refractivity contribution in [1.82, 2.24) is 9.78 Å². The topological polar surface area (TPSA) is 82.5 Å². The van der Waals surface area contributed by atoms with Crippen LogP contribution in [0.5, 0.6) is 11.5 Å². The van der Waals surface area contributed by atoms with Gasteiger partial charge in [0.25, 0.3) is 0 Å². The minimum Gasteiger partial charge on any atom is -0.493 e. The number of nitrogens with one attached hydrogen (secondary N) is 1. The van der Waals surface area contributed by atoms with E-state index in [4.69, 9.17) is 9.47 Å². The Labute approximate surface area is 150 Å². The number of rotatable bonds is 5. The van der Waals surface area contributed by atoms with Crippen LogP contribution < -0.4 is 14.8 Å². The van der Waals surface area contributed by atoms with E-state index < -0.39 is 5.97 Å². The Morgan fingerprint density at radius 2 is 1.73 bits per heavy atom. The molecule has 0 aliphatic carbocycles. The summed E-state index contributed by atoms with van der Waals surface area (Å²) >= 11 is 0. The second-order valence-electron chi connectivity index (χ2n) is 5.42. The van der Waals surface area contributed by atoms with Crippen LogP contribution in [-0.2, 0) is 4.79 Å². The van der Waals surface area contributed by atoms with Crippen molar-refractivity contribution < 1.29 is 19.1 Å². The predicted molar refractivity (Wildman–Crippen MR) is 95.8 cm³/mol. The van der Waals surface area contributed by atoms with Crippen LogP contribution in [0.15, 0.2) is 60.8 Å². The van der Waals surface area contributed by atoms with Gasteiger partial charge in [-0.25, -0.2) is 9.48 Å². The summed E-state index contributed by atoms with van der Waals surface area (Å²) in [4.78, 5) is 23.5. The van der Waals surface area contributed by atoms with Gasteiger partial charge in [0.2, 0.25) is 11.6 Å². The SMILES string of the molecule is COc1cn(-c2ccccc2)nc1C(=O)Oc1ccc(NC(C)=O)cc1. The van der Waals surface area contributed by atoms with E-state index in [0.717, 1.165) is 5.69 Å². The van der Waals surface area contributed by atoms with Crippen LogP contribution in [0.1, 0.15) is 17.4 Å². The fourth-order valence-corrected chi connectivity index (χ4v) is 2.33. The van der Waals surface area contributed by atoms with Gasteiger partial charge < -0.3 is 14.8 Å². The Hall–Kier alpha value is -3.61. The smallest absolute Gasteiger partial charge is 0.368 e. The number of aromatic nitrogens is 2. The molecule has 0 saturated heterocycles. The van der Waals surface area contributed by atoms with E-state index >= 15 is 0 Å². The van der Waals surface area contributed by atoms with E-state index in [1.807, 2.05) is 30.3 Å². The number of carbonyl (C=O) groups is 2. The molecule has 0 saturated carbocycles. The van der Waals surface area contributed by atoms with E-state index in [1.54, 1.807) is 35.1 Å². The molecule has 0 bridgehead atoms. The number of ether oxygens (including phenoxy) is 2. The summed E-state index contributed by atoms with van der Waals surface area (Å²) in [7, 11) is 1.46. The number of nitrogens with zero attached hydrogens (tertiary/aromatic N) is 2. The number of para-hydroxylation sites is 1. The number of hydrogen-bond donors (Lipinski definition) is 1. The molecular formula is C19H17N3O4. The first-order valence-electron chi connectivity index (χ1n) is 7.86. The van der Waals surface area contributed by atoms with Crippen LogP contribution in [0, 0.1) is 0 Å². The quantitative estimate of drug-likeness (QED) is 0.564. The number of anilines is 1. The molecule has 1 amide bonds. The highest BCUT2D eigenvalue weighted by Gasteiger charge is 2.20. The molecule has 0 aliphatic heterocycles. The lowest BCUT2D eigenvalue weighted by Gasteiger charge is -2.05. The summed E-state index contributed by atoms with van der Waals surface area (Å²) in [6, 6.07) is 15.8. The largest absolute Gasteiger partial charge is 0.493 e. The Kier molecular flexibility index (Phi) is 4.98. The zero-order valence-electron chi connectivity index (χ0n) is 14.3. The number of methoxy groups -OCH3 is 1. The van der Waals surface area contributed by atoms with E-state index in [0.29, 0.717) is 17.2 Å². The van der Waals surface area contributed by atoms with Gasteiger partial charge >= 0.3 is 5.97 Å². The average molecular weight is 351 g/mol. The average Bonchev–Trinajstić information content (AvgIpc) is 3.08. The van der Waals surface area contributed by atoms with Gasteiger partial charge in [0.05, 0.1) is 19.0 Å². The summed E-state index contributed by atoms with van der Waals surface area (Å²) < 4.78 is 12.1. The molecule has 0 aliphatic rings. The third-order valence-electron chi connectivity index (χ3n) is 3.50. The molecule has 3 aromatic rings. The molecule has 2 aromatic carbocycles. The highest BCUT2D eigenvalue weighted by atomic mass is 16.5. The minimum atomic E-state index is -0.635. The molecule has 0 unspecified atom stereocenters. The van der Waals surface area contributed by atoms with Gasteiger partial charge in [0, 0.05) is 12.6 Å². The van der Waals surface area contributed by atoms with Crippen molar-refractivity contribution in [2.45, 2.75) is 6.92 Å². The molecule has 3 rings (SSSR count). The predicted octanol–water partition coefficient (Wildman–Crippen LogP) is 3.06. The van der Waals surface area contributed by atoms with Crippen LogP contribution in [0.4, 0.5) is 5.69 Å². The Balaban J connectivity index is 1.79. The van der Waals surface area contributed by atoms with E-state index in [-0.39, 0.29) is 11.6 Å². The normalized spacial score (nSPS) is 10.2. The molecule has 7 heteroatoms. The van der Waals surface area contributed by atoms with Gasteiger partial charge in [-0.2, -0.15) is 5.10 Å². The van der Waals surface area contributed by atoms with Crippen LogP contribution in [-0.4, -0.2) is 28.8 Å². The van der Waals surface area contributed by atoms with Crippen molar-refractivity contribution in [2.24, 2.45) is 0 Å². The van der Waals surface area contributed by atoms with Gasteiger partial charge in [-0.1, -0.05) is 18.2 Å².